The summed E-state index contributed by atoms with van der Waals surface area (Å²) in [6, 6.07) is 8.32. The van der Waals surface area contributed by atoms with Crippen LogP contribution in [0.25, 0.3) is 0 Å². The SMILES string of the molecule is O=C(NN1CCOCC1)c1ccc(Cl)c(NC(=O)c2cccs2)c1. The minimum atomic E-state index is -0.252. The molecule has 0 unspecified atom stereocenters. The van der Waals surface area contributed by atoms with E-state index in [0.717, 1.165) is 0 Å². The van der Waals surface area contributed by atoms with Gasteiger partial charge in [-0.15, -0.1) is 11.3 Å². The van der Waals surface area contributed by atoms with E-state index < -0.39 is 0 Å². The summed E-state index contributed by atoms with van der Waals surface area (Å²) in [5.74, 6) is -0.502. The number of hydrogen-bond acceptors (Lipinski definition) is 5. The first-order chi connectivity index (χ1) is 11.6. The molecule has 3 rings (SSSR count). The van der Waals surface area contributed by atoms with Crippen molar-refractivity contribution in [3.8, 4) is 0 Å². The van der Waals surface area contributed by atoms with Gasteiger partial charge in [-0.25, -0.2) is 5.01 Å². The Morgan fingerprint density at radius 1 is 1.17 bits per heavy atom. The van der Waals surface area contributed by atoms with E-state index >= 15 is 0 Å². The van der Waals surface area contributed by atoms with Gasteiger partial charge in [0.1, 0.15) is 0 Å². The zero-order chi connectivity index (χ0) is 16.9. The van der Waals surface area contributed by atoms with Gasteiger partial charge in [0.2, 0.25) is 0 Å². The van der Waals surface area contributed by atoms with Crippen LogP contribution in [0.3, 0.4) is 0 Å². The second-order valence-electron chi connectivity index (χ2n) is 5.17. The predicted octanol–water partition coefficient (Wildman–Crippen LogP) is 2.63. The second-order valence-corrected chi connectivity index (χ2v) is 6.52. The Hall–Kier alpha value is -1.93. The van der Waals surface area contributed by atoms with Gasteiger partial charge in [0.25, 0.3) is 11.8 Å². The smallest absolute Gasteiger partial charge is 0.265 e. The zero-order valence-electron chi connectivity index (χ0n) is 12.8. The third-order valence-electron chi connectivity index (χ3n) is 3.49. The lowest BCUT2D eigenvalue weighted by atomic mass is 10.2. The van der Waals surface area contributed by atoms with Crippen LogP contribution in [-0.2, 0) is 4.74 Å². The Kier molecular flexibility index (Phi) is 5.47. The molecule has 6 nitrogen and oxygen atoms in total. The number of hydrazine groups is 1. The number of nitrogens with zero attached hydrogens (tertiary/aromatic N) is 1. The minimum absolute atomic E-state index is 0.250. The number of halogens is 1. The predicted molar refractivity (Wildman–Crippen MR) is 93.6 cm³/mol. The Balaban J connectivity index is 1.70. The van der Waals surface area contributed by atoms with Crippen molar-refractivity contribution < 1.29 is 14.3 Å². The highest BCUT2D eigenvalue weighted by atomic mass is 35.5. The maximum absolute atomic E-state index is 12.3. The Morgan fingerprint density at radius 3 is 2.67 bits per heavy atom. The van der Waals surface area contributed by atoms with Gasteiger partial charge in [-0.05, 0) is 29.6 Å². The van der Waals surface area contributed by atoms with Gasteiger partial charge in [0.15, 0.2) is 0 Å². The van der Waals surface area contributed by atoms with Crippen molar-refractivity contribution in [3.63, 3.8) is 0 Å². The molecule has 1 aliphatic heterocycles. The number of rotatable bonds is 4. The molecule has 1 aliphatic rings. The summed E-state index contributed by atoms with van der Waals surface area (Å²) in [6.07, 6.45) is 0. The van der Waals surface area contributed by atoms with E-state index in [1.165, 1.54) is 11.3 Å². The van der Waals surface area contributed by atoms with Gasteiger partial charge >= 0.3 is 0 Å². The standard InChI is InChI=1S/C16H16ClN3O3S/c17-12-4-3-11(15(21)19-20-5-7-23-8-6-20)10-13(12)18-16(22)14-2-1-9-24-14/h1-4,9-10H,5-8H2,(H,18,22)(H,19,21). The van der Waals surface area contributed by atoms with Crippen LogP contribution in [0.15, 0.2) is 35.7 Å². The average molecular weight is 366 g/mol. The summed E-state index contributed by atoms with van der Waals surface area (Å²) in [7, 11) is 0. The van der Waals surface area contributed by atoms with Crippen LogP contribution in [0.5, 0.6) is 0 Å². The van der Waals surface area contributed by atoms with Gasteiger partial charge in [-0.3, -0.25) is 15.0 Å². The summed E-state index contributed by atoms with van der Waals surface area (Å²) in [5.41, 5.74) is 3.65. The van der Waals surface area contributed by atoms with E-state index in [0.29, 0.717) is 47.5 Å². The molecule has 1 aromatic heterocycles. The number of anilines is 1. The maximum Gasteiger partial charge on any atom is 0.265 e. The molecule has 24 heavy (non-hydrogen) atoms. The lowest BCUT2D eigenvalue weighted by Crippen LogP contribution is -2.48. The van der Waals surface area contributed by atoms with Crippen molar-refractivity contribution >= 4 is 40.4 Å². The van der Waals surface area contributed by atoms with Crippen molar-refractivity contribution in [2.45, 2.75) is 0 Å². The molecule has 1 fully saturated rings. The molecule has 126 valence electrons. The number of hydrogen-bond donors (Lipinski definition) is 2. The van der Waals surface area contributed by atoms with Crippen LogP contribution in [-0.4, -0.2) is 43.1 Å². The number of morpholine rings is 1. The monoisotopic (exact) mass is 365 g/mol. The first kappa shape index (κ1) is 16.9. The van der Waals surface area contributed by atoms with E-state index in [-0.39, 0.29) is 11.8 Å². The van der Waals surface area contributed by atoms with Crippen molar-refractivity contribution in [1.82, 2.24) is 10.4 Å². The quantitative estimate of drug-likeness (QED) is 0.873. The summed E-state index contributed by atoms with van der Waals surface area (Å²) >= 11 is 7.47. The molecular formula is C16H16ClN3O3S. The third kappa shape index (κ3) is 4.12. The molecule has 0 spiro atoms. The average Bonchev–Trinajstić information content (AvgIpc) is 3.12. The van der Waals surface area contributed by atoms with Gasteiger partial charge in [0.05, 0.1) is 28.8 Å². The Labute approximate surface area is 148 Å². The van der Waals surface area contributed by atoms with Gasteiger partial charge in [-0.1, -0.05) is 17.7 Å². The Morgan fingerprint density at radius 2 is 1.96 bits per heavy atom. The minimum Gasteiger partial charge on any atom is -0.379 e. The fourth-order valence-corrected chi connectivity index (χ4v) is 3.02. The van der Waals surface area contributed by atoms with Crippen LogP contribution in [0.2, 0.25) is 5.02 Å². The summed E-state index contributed by atoms with van der Waals surface area (Å²) in [4.78, 5) is 25.1. The number of amides is 2. The summed E-state index contributed by atoms with van der Waals surface area (Å²) in [6.45, 7) is 2.45. The molecular weight excluding hydrogens is 350 g/mol. The highest BCUT2D eigenvalue weighted by Gasteiger charge is 2.16. The largest absolute Gasteiger partial charge is 0.379 e. The van der Waals surface area contributed by atoms with Gasteiger partial charge < -0.3 is 10.1 Å². The Bertz CT molecular complexity index is 730. The highest BCUT2D eigenvalue weighted by Crippen LogP contribution is 2.24. The molecule has 0 radical (unpaired) electrons. The lowest BCUT2D eigenvalue weighted by Gasteiger charge is -2.27. The van der Waals surface area contributed by atoms with Crippen LogP contribution < -0.4 is 10.7 Å². The molecule has 1 saturated heterocycles. The van der Waals surface area contributed by atoms with Crippen molar-refractivity contribution in [2.24, 2.45) is 0 Å². The van der Waals surface area contributed by atoms with Crippen molar-refractivity contribution in [3.05, 3.63) is 51.2 Å². The topological polar surface area (TPSA) is 70.7 Å². The van der Waals surface area contributed by atoms with E-state index in [2.05, 4.69) is 10.7 Å². The van der Waals surface area contributed by atoms with Crippen molar-refractivity contribution in [2.75, 3.05) is 31.6 Å². The number of carbonyl (C=O) groups excluding carboxylic acids is 2. The van der Waals surface area contributed by atoms with E-state index in [1.54, 1.807) is 30.3 Å². The molecule has 2 N–H and O–H groups in total. The lowest BCUT2D eigenvalue weighted by molar-refractivity contribution is 0.0126. The summed E-state index contributed by atoms with van der Waals surface area (Å²) in [5, 5.41) is 6.75. The van der Waals surface area contributed by atoms with Crippen LogP contribution in [0.1, 0.15) is 20.0 Å². The summed E-state index contributed by atoms with van der Waals surface area (Å²) < 4.78 is 5.24. The van der Waals surface area contributed by atoms with Crippen LogP contribution in [0, 0.1) is 0 Å². The molecule has 8 heteroatoms. The fourth-order valence-electron chi connectivity index (χ4n) is 2.24. The van der Waals surface area contributed by atoms with Crippen molar-refractivity contribution in [1.29, 1.82) is 0 Å². The molecule has 0 saturated carbocycles. The highest BCUT2D eigenvalue weighted by molar-refractivity contribution is 7.12. The number of nitrogens with one attached hydrogen (secondary N) is 2. The normalized spacial score (nSPS) is 15.0. The molecule has 0 aliphatic carbocycles. The van der Waals surface area contributed by atoms with Gasteiger partial charge in [-0.2, -0.15) is 0 Å². The maximum atomic E-state index is 12.3. The molecule has 2 heterocycles. The second kappa shape index (κ2) is 7.76. The number of carbonyl (C=O) groups is 2. The van der Waals surface area contributed by atoms with Gasteiger partial charge in [0, 0.05) is 18.7 Å². The van der Waals surface area contributed by atoms with E-state index in [1.807, 2.05) is 10.4 Å². The molecule has 0 bridgehead atoms. The molecule has 1 aromatic carbocycles. The first-order valence-electron chi connectivity index (χ1n) is 7.41. The molecule has 2 amide bonds. The fraction of sp³-hybridized carbons (Fsp3) is 0.250. The van der Waals surface area contributed by atoms with E-state index in [4.69, 9.17) is 16.3 Å². The zero-order valence-corrected chi connectivity index (χ0v) is 14.3. The third-order valence-corrected chi connectivity index (χ3v) is 4.69. The number of ether oxygens (including phenoxy) is 1. The van der Waals surface area contributed by atoms with Crippen LogP contribution in [0.4, 0.5) is 5.69 Å². The molecule has 2 aromatic rings. The number of thiophene rings is 1. The first-order valence-corrected chi connectivity index (χ1v) is 8.67. The number of benzene rings is 1. The van der Waals surface area contributed by atoms with E-state index in [9.17, 15) is 9.59 Å². The van der Waals surface area contributed by atoms with Crippen LogP contribution >= 0.6 is 22.9 Å². The molecule has 0 atom stereocenters.